The summed E-state index contributed by atoms with van der Waals surface area (Å²) in [4.78, 5) is 21.0. The maximum absolute atomic E-state index is 9.74. The van der Waals surface area contributed by atoms with Gasteiger partial charge < -0.3 is 10.1 Å². The molecule has 0 spiro atoms. The van der Waals surface area contributed by atoms with Gasteiger partial charge in [0, 0.05) is 28.9 Å². The standard InChI is InChI=1S/C21H13N7OS/c29-13-3-12(5-22-6-13)16-4-14-17(9-24-16)27-28-20(14)21-25-18-8-23-7-15(19(18)26-21)11-1-2-30-10-11/h1-10,29H,(H,25,26)(H,27,28). The number of nitrogens with zero attached hydrogens (tertiary/aromatic N) is 5. The highest BCUT2D eigenvalue weighted by atomic mass is 32.1. The summed E-state index contributed by atoms with van der Waals surface area (Å²) in [6, 6.07) is 5.59. The number of thiophene rings is 1. The Hall–Kier alpha value is -4.11. The van der Waals surface area contributed by atoms with Gasteiger partial charge in [-0.25, -0.2) is 4.98 Å². The minimum Gasteiger partial charge on any atom is -0.506 e. The Morgan fingerprint density at radius 2 is 1.87 bits per heavy atom. The van der Waals surface area contributed by atoms with Gasteiger partial charge in [0.25, 0.3) is 0 Å². The Balaban J connectivity index is 1.52. The van der Waals surface area contributed by atoms with Crippen molar-refractivity contribution in [1.29, 1.82) is 0 Å². The van der Waals surface area contributed by atoms with Crippen LogP contribution in [0.3, 0.4) is 0 Å². The van der Waals surface area contributed by atoms with E-state index >= 15 is 0 Å². The van der Waals surface area contributed by atoms with E-state index in [1.807, 2.05) is 17.6 Å². The highest BCUT2D eigenvalue weighted by Gasteiger charge is 2.16. The van der Waals surface area contributed by atoms with E-state index in [0.717, 1.165) is 38.6 Å². The fourth-order valence-corrected chi connectivity index (χ4v) is 4.15. The van der Waals surface area contributed by atoms with E-state index < -0.39 is 0 Å². The summed E-state index contributed by atoms with van der Waals surface area (Å²) in [7, 11) is 0. The molecule has 6 aromatic heterocycles. The van der Waals surface area contributed by atoms with E-state index in [-0.39, 0.29) is 5.75 Å². The Morgan fingerprint density at radius 3 is 2.73 bits per heavy atom. The molecule has 144 valence electrons. The number of nitrogens with one attached hydrogen (secondary N) is 2. The van der Waals surface area contributed by atoms with Crippen LogP contribution < -0.4 is 0 Å². The number of aromatic amines is 2. The van der Waals surface area contributed by atoms with E-state index in [9.17, 15) is 5.11 Å². The van der Waals surface area contributed by atoms with Gasteiger partial charge in [0.2, 0.25) is 0 Å². The monoisotopic (exact) mass is 411 g/mol. The average molecular weight is 411 g/mol. The zero-order valence-electron chi connectivity index (χ0n) is 15.4. The fraction of sp³-hybridized carbons (Fsp3) is 0. The first-order valence-electron chi connectivity index (χ1n) is 9.11. The molecule has 0 aromatic carbocycles. The van der Waals surface area contributed by atoms with Gasteiger partial charge in [0.15, 0.2) is 5.82 Å². The van der Waals surface area contributed by atoms with Crippen molar-refractivity contribution in [2.75, 3.05) is 0 Å². The summed E-state index contributed by atoms with van der Waals surface area (Å²) in [5.74, 6) is 0.736. The molecule has 8 nitrogen and oxygen atoms in total. The van der Waals surface area contributed by atoms with E-state index in [1.165, 1.54) is 6.20 Å². The second kappa shape index (κ2) is 6.46. The zero-order valence-corrected chi connectivity index (χ0v) is 16.2. The number of aromatic hydroxyl groups is 1. The summed E-state index contributed by atoms with van der Waals surface area (Å²) in [6.45, 7) is 0. The van der Waals surface area contributed by atoms with Crippen molar-refractivity contribution >= 4 is 33.3 Å². The van der Waals surface area contributed by atoms with Crippen LogP contribution in [0, 0.1) is 0 Å². The largest absolute Gasteiger partial charge is 0.506 e. The van der Waals surface area contributed by atoms with Gasteiger partial charge in [0.1, 0.15) is 17.0 Å². The molecule has 0 radical (unpaired) electrons. The van der Waals surface area contributed by atoms with Crippen molar-refractivity contribution in [2.24, 2.45) is 0 Å². The number of imidazole rings is 1. The summed E-state index contributed by atoms with van der Waals surface area (Å²) < 4.78 is 0. The highest BCUT2D eigenvalue weighted by Crippen LogP contribution is 2.32. The molecule has 3 N–H and O–H groups in total. The van der Waals surface area contributed by atoms with Crippen molar-refractivity contribution < 1.29 is 5.11 Å². The van der Waals surface area contributed by atoms with E-state index in [2.05, 4.69) is 41.6 Å². The molecule has 6 heterocycles. The lowest BCUT2D eigenvalue weighted by molar-refractivity contribution is 0.473. The summed E-state index contributed by atoms with van der Waals surface area (Å²) >= 11 is 1.64. The lowest BCUT2D eigenvalue weighted by Crippen LogP contribution is -1.86. The number of fused-ring (bicyclic) bond motifs is 2. The van der Waals surface area contributed by atoms with Crippen LogP contribution in [-0.2, 0) is 0 Å². The predicted octanol–water partition coefficient (Wildman–Crippen LogP) is 4.39. The lowest BCUT2D eigenvalue weighted by atomic mass is 10.1. The molecule has 9 heteroatoms. The fourth-order valence-electron chi connectivity index (χ4n) is 3.50. The van der Waals surface area contributed by atoms with Crippen molar-refractivity contribution in [3.05, 3.63) is 59.9 Å². The Kier molecular flexibility index (Phi) is 3.62. The number of hydrogen-bond acceptors (Lipinski definition) is 7. The average Bonchev–Trinajstić information content (AvgIpc) is 3.51. The van der Waals surface area contributed by atoms with Gasteiger partial charge in [-0.15, -0.1) is 0 Å². The molecule has 0 bridgehead atoms. The van der Waals surface area contributed by atoms with Gasteiger partial charge in [-0.3, -0.25) is 20.1 Å². The molecular formula is C21H13N7OS. The first kappa shape index (κ1) is 16.8. The SMILES string of the molecule is Oc1cncc(-c2cc3c(-c4nc5c(-c6ccsc6)cncc5[nH]4)n[nH]c3cn2)c1. The first-order chi connectivity index (χ1) is 14.8. The van der Waals surface area contributed by atoms with Crippen LogP contribution in [0.4, 0.5) is 0 Å². The Morgan fingerprint density at radius 1 is 0.933 bits per heavy atom. The van der Waals surface area contributed by atoms with Crippen molar-refractivity contribution in [2.45, 2.75) is 0 Å². The van der Waals surface area contributed by atoms with E-state index in [0.29, 0.717) is 17.2 Å². The maximum Gasteiger partial charge on any atom is 0.159 e. The molecule has 0 unspecified atom stereocenters. The second-order valence-electron chi connectivity index (χ2n) is 6.80. The third-order valence-electron chi connectivity index (χ3n) is 4.92. The number of aromatic nitrogens is 7. The van der Waals surface area contributed by atoms with Crippen LogP contribution in [0.1, 0.15) is 0 Å². The van der Waals surface area contributed by atoms with Crippen LogP contribution in [0.15, 0.2) is 59.9 Å². The normalized spacial score (nSPS) is 11.5. The van der Waals surface area contributed by atoms with Crippen LogP contribution in [0.5, 0.6) is 5.75 Å². The number of hydrogen-bond donors (Lipinski definition) is 3. The van der Waals surface area contributed by atoms with Gasteiger partial charge >= 0.3 is 0 Å². The molecule has 0 amide bonds. The summed E-state index contributed by atoms with van der Waals surface area (Å²) in [6.07, 6.45) is 8.36. The molecule has 30 heavy (non-hydrogen) atoms. The van der Waals surface area contributed by atoms with E-state index in [4.69, 9.17) is 4.98 Å². The van der Waals surface area contributed by atoms with Gasteiger partial charge in [-0.2, -0.15) is 16.4 Å². The van der Waals surface area contributed by atoms with Crippen LogP contribution >= 0.6 is 11.3 Å². The van der Waals surface area contributed by atoms with Crippen molar-refractivity contribution in [1.82, 2.24) is 35.1 Å². The molecule has 0 saturated heterocycles. The van der Waals surface area contributed by atoms with Gasteiger partial charge in [-0.1, -0.05) is 0 Å². The van der Waals surface area contributed by atoms with E-state index in [1.54, 1.807) is 36.0 Å². The minimum absolute atomic E-state index is 0.0903. The predicted molar refractivity (Wildman–Crippen MR) is 115 cm³/mol. The summed E-state index contributed by atoms with van der Waals surface area (Å²) in [5.41, 5.74) is 6.64. The topological polar surface area (TPSA) is 116 Å². The molecule has 6 rings (SSSR count). The minimum atomic E-state index is 0.0903. The van der Waals surface area contributed by atoms with Crippen molar-refractivity contribution in [3.8, 4) is 39.7 Å². The van der Waals surface area contributed by atoms with Crippen molar-refractivity contribution in [3.63, 3.8) is 0 Å². The molecule has 0 aliphatic heterocycles. The maximum atomic E-state index is 9.74. The molecule has 0 aliphatic carbocycles. The second-order valence-corrected chi connectivity index (χ2v) is 7.58. The van der Waals surface area contributed by atoms with Gasteiger partial charge in [0.05, 0.1) is 35.3 Å². The lowest BCUT2D eigenvalue weighted by Gasteiger charge is -2.01. The summed E-state index contributed by atoms with van der Waals surface area (Å²) in [5, 5.41) is 22.2. The van der Waals surface area contributed by atoms with Crippen LogP contribution in [-0.4, -0.2) is 40.2 Å². The molecule has 0 saturated carbocycles. The third kappa shape index (κ3) is 2.64. The quantitative estimate of drug-likeness (QED) is 0.398. The third-order valence-corrected chi connectivity index (χ3v) is 5.60. The molecule has 0 atom stereocenters. The number of H-pyrrole nitrogens is 2. The highest BCUT2D eigenvalue weighted by molar-refractivity contribution is 7.08. The van der Waals surface area contributed by atoms with Crippen LogP contribution in [0.2, 0.25) is 0 Å². The Labute approximate surface area is 173 Å². The molecule has 0 aliphatic rings. The number of rotatable bonds is 3. The molecule has 0 fully saturated rings. The first-order valence-corrected chi connectivity index (χ1v) is 10.1. The zero-order chi connectivity index (χ0) is 20.1. The molecular weight excluding hydrogens is 398 g/mol. The number of pyridine rings is 3. The molecule has 6 aromatic rings. The van der Waals surface area contributed by atoms with Gasteiger partial charge in [-0.05, 0) is 34.5 Å². The Bertz CT molecular complexity index is 1520. The van der Waals surface area contributed by atoms with Crippen LogP contribution in [0.25, 0.3) is 55.8 Å². The smallest absolute Gasteiger partial charge is 0.159 e.